The summed E-state index contributed by atoms with van der Waals surface area (Å²) >= 11 is 0. The Labute approximate surface area is 342 Å². The number of carbonyl (C=O) groups is 2. The van der Waals surface area contributed by atoms with Crippen LogP contribution in [0.2, 0.25) is 0 Å². The van der Waals surface area contributed by atoms with Crippen molar-refractivity contribution in [1.82, 2.24) is 0 Å². The van der Waals surface area contributed by atoms with Crippen LogP contribution in [-0.2, 0) is 45.5 Å². The van der Waals surface area contributed by atoms with E-state index in [1.165, 1.54) is 11.1 Å². The zero-order valence-corrected chi connectivity index (χ0v) is 36.0. The van der Waals surface area contributed by atoms with Crippen molar-refractivity contribution in [3.05, 3.63) is 95.6 Å². The fraction of sp³-hybridized carbons (Fsp3) is 0.600. The number of ether oxygens (including phenoxy) is 2. The van der Waals surface area contributed by atoms with Gasteiger partial charge in [0.1, 0.15) is 18.1 Å². The number of allylic oxidation sites excluding steroid dienone is 10. The SMILES string of the molecule is CC/C=C\C/C=C\C/C=C\C/C=C\C=C/C(O)C/C=C\CCC(=O)OC[C@H](COP(=O)(O)OCCN)OC(=O)CCCCCCCCc1oc(CCC)c(C)c1C. The molecule has 0 amide bonds. The van der Waals surface area contributed by atoms with Crippen LogP contribution < -0.4 is 5.73 Å². The highest BCUT2D eigenvalue weighted by molar-refractivity contribution is 7.47. The monoisotopic (exact) mass is 817 g/mol. The number of carbonyl (C=O) groups excluding carboxylic acids is 2. The first-order valence-electron chi connectivity index (χ1n) is 20.9. The molecule has 3 atom stereocenters. The van der Waals surface area contributed by atoms with Crippen molar-refractivity contribution in [1.29, 1.82) is 0 Å². The van der Waals surface area contributed by atoms with Crippen LogP contribution in [0.1, 0.15) is 133 Å². The molecule has 1 rings (SSSR count). The molecule has 0 bridgehead atoms. The van der Waals surface area contributed by atoms with Crippen LogP contribution in [0.3, 0.4) is 0 Å². The number of unbranched alkanes of at least 4 members (excludes halogenated alkanes) is 5. The van der Waals surface area contributed by atoms with Gasteiger partial charge in [0.2, 0.25) is 0 Å². The molecule has 57 heavy (non-hydrogen) atoms. The van der Waals surface area contributed by atoms with Gasteiger partial charge >= 0.3 is 19.8 Å². The predicted molar refractivity (Wildman–Crippen MR) is 229 cm³/mol. The van der Waals surface area contributed by atoms with Gasteiger partial charge in [-0.1, -0.05) is 112 Å². The van der Waals surface area contributed by atoms with E-state index in [2.05, 4.69) is 64.2 Å². The van der Waals surface area contributed by atoms with Crippen molar-refractivity contribution >= 4 is 19.8 Å². The summed E-state index contributed by atoms with van der Waals surface area (Å²) in [5, 5.41) is 10.2. The lowest BCUT2D eigenvalue weighted by atomic mass is 10.0. The fourth-order valence-electron chi connectivity index (χ4n) is 5.55. The van der Waals surface area contributed by atoms with Crippen LogP contribution in [0.15, 0.2) is 77.3 Å². The number of esters is 2. The first-order chi connectivity index (χ1) is 27.5. The van der Waals surface area contributed by atoms with E-state index >= 15 is 0 Å². The Morgan fingerprint density at radius 3 is 2.05 bits per heavy atom. The molecule has 1 heterocycles. The van der Waals surface area contributed by atoms with Gasteiger partial charge in [0.25, 0.3) is 0 Å². The molecule has 0 saturated carbocycles. The number of aliphatic hydroxyl groups excluding tert-OH is 1. The Balaban J connectivity index is 2.38. The summed E-state index contributed by atoms with van der Waals surface area (Å²) in [7, 11) is -4.44. The Bertz CT molecular complexity index is 1460. The first-order valence-corrected chi connectivity index (χ1v) is 22.4. The van der Waals surface area contributed by atoms with E-state index in [0.717, 1.165) is 88.6 Å². The highest BCUT2D eigenvalue weighted by atomic mass is 31.2. The number of aryl methyl sites for hydroxylation is 2. The van der Waals surface area contributed by atoms with Gasteiger partial charge in [0.05, 0.1) is 19.3 Å². The maximum absolute atomic E-state index is 12.6. The van der Waals surface area contributed by atoms with Crippen molar-refractivity contribution in [3.8, 4) is 0 Å². The standard InChI is InChI=1S/C45H72NO10P/c1-5-7-8-9-10-11-12-13-14-15-16-19-23-29-40(47)30-24-22-27-32-44(48)52-36-41(37-54-57(50,51)53-35-34-46)55-45(49)33-26-21-18-17-20-25-31-43-39(4)38(3)42(56-43)28-6-2/h7-8,10-11,13-14,16,19,22-24,29,40-41,47H,5-6,9,12,15,17-18,20-21,25-28,30-37,46H2,1-4H3,(H,50,51)/b8-7-,11-10-,14-13-,19-16-,24-22-,29-23-/t40?,41-/m1/s1. The van der Waals surface area contributed by atoms with Gasteiger partial charge in [0, 0.05) is 32.2 Å². The zero-order chi connectivity index (χ0) is 42.0. The predicted octanol–water partition coefficient (Wildman–Crippen LogP) is 10.1. The molecule has 2 unspecified atom stereocenters. The van der Waals surface area contributed by atoms with Gasteiger partial charge in [-0.15, -0.1) is 0 Å². The van der Waals surface area contributed by atoms with Gasteiger partial charge in [-0.3, -0.25) is 18.6 Å². The lowest BCUT2D eigenvalue weighted by Crippen LogP contribution is -2.29. The zero-order valence-electron chi connectivity index (χ0n) is 35.1. The van der Waals surface area contributed by atoms with E-state index in [4.69, 9.17) is 28.7 Å². The maximum Gasteiger partial charge on any atom is 0.472 e. The highest BCUT2D eigenvalue weighted by Crippen LogP contribution is 2.43. The second-order valence-electron chi connectivity index (χ2n) is 13.9. The lowest BCUT2D eigenvalue weighted by molar-refractivity contribution is -0.161. The largest absolute Gasteiger partial charge is 0.472 e. The van der Waals surface area contributed by atoms with Crippen LogP contribution >= 0.6 is 7.82 Å². The molecule has 1 aromatic rings. The molecular formula is C45H72NO10P. The van der Waals surface area contributed by atoms with Crippen molar-refractivity contribution in [2.24, 2.45) is 5.73 Å². The van der Waals surface area contributed by atoms with Crippen molar-refractivity contribution in [2.75, 3.05) is 26.4 Å². The highest BCUT2D eigenvalue weighted by Gasteiger charge is 2.26. The number of phosphoric acid groups is 1. The summed E-state index contributed by atoms with van der Waals surface area (Å²) in [6.07, 6.45) is 35.5. The van der Waals surface area contributed by atoms with E-state index in [-0.39, 0.29) is 32.6 Å². The van der Waals surface area contributed by atoms with E-state index < -0.39 is 38.6 Å². The average molecular weight is 818 g/mol. The van der Waals surface area contributed by atoms with Gasteiger partial charge in [-0.25, -0.2) is 4.57 Å². The van der Waals surface area contributed by atoms with E-state index in [1.54, 1.807) is 18.2 Å². The summed E-state index contributed by atoms with van der Waals surface area (Å²) in [4.78, 5) is 34.9. The van der Waals surface area contributed by atoms with Crippen LogP contribution in [0.25, 0.3) is 0 Å². The van der Waals surface area contributed by atoms with E-state index in [9.17, 15) is 24.2 Å². The van der Waals surface area contributed by atoms with Crippen LogP contribution in [0, 0.1) is 13.8 Å². The molecule has 0 spiro atoms. The van der Waals surface area contributed by atoms with Crippen molar-refractivity contribution in [2.45, 2.75) is 149 Å². The number of hydrogen-bond acceptors (Lipinski definition) is 10. The second kappa shape index (κ2) is 33.6. The van der Waals surface area contributed by atoms with Crippen LogP contribution in [0.4, 0.5) is 0 Å². The van der Waals surface area contributed by atoms with E-state index in [1.807, 2.05) is 18.2 Å². The van der Waals surface area contributed by atoms with Crippen LogP contribution in [-0.4, -0.2) is 60.5 Å². The summed E-state index contributed by atoms with van der Waals surface area (Å²) in [5.74, 6) is 1.15. The van der Waals surface area contributed by atoms with Crippen molar-refractivity contribution < 1.29 is 47.1 Å². The Kier molecular flexibility index (Phi) is 30.5. The normalized spacial score (nSPS) is 14.6. The number of rotatable bonds is 34. The third-order valence-electron chi connectivity index (χ3n) is 8.87. The number of nitrogens with two attached hydrogens (primary N) is 1. The molecule has 1 aromatic heterocycles. The smallest absolute Gasteiger partial charge is 0.466 e. The van der Waals surface area contributed by atoms with Crippen molar-refractivity contribution in [3.63, 3.8) is 0 Å². The second-order valence-corrected chi connectivity index (χ2v) is 15.4. The summed E-state index contributed by atoms with van der Waals surface area (Å²) in [5.41, 5.74) is 7.88. The quantitative estimate of drug-likeness (QED) is 0.0199. The molecule has 0 aliphatic carbocycles. The molecule has 0 radical (unpaired) electrons. The summed E-state index contributed by atoms with van der Waals surface area (Å²) < 4.78 is 38.7. The minimum Gasteiger partial charge on any atom is -0.466 e. The molecular weight excluding hydrogens is 745 g/mol. The van der Waals surface area contributed by atoms with Gasteiger partial charge < -0.3 is 29.6 Å². The Morgan fingerprint density at radius 2 is 1.39 bits per heavy atom. The number of aliphatic hydroxyl groups is 1. The molecule has 4 N–H and O–H groups in total. The van der Waals surface area contributed by atoms with Crippen LogP contribution in [0.5, 0.6) is 0 Å². The summed E-state index contributed by atoms with van der Waals surface area (Å²) in [6.45, 7) is 7.52. The molecule has 0 aromatic carbocycles. The number of phosphoric ester groups is 1. The Morgan fingerprint density at radius 1 is 0.754 bits per heavy atom. The van der Waals surface area contributed by atoms with Gasteiger partial charge in [-0.2, -0.15) is 0 Å². The Hall–Kier alpha value is -3.31. The molecule has 12 heteroatoms. The lowest BCUT2D eigenvalue weighted by Gasteiger charge is -2.19. The fourth-order valence-corrected chi connectivity index (χ4v) is 6.32. The topological polar surface area (TPSA) is 168 Å². The maximum atomic E-state index is 12.6. The average Bonchev–Trinajstić information content (AvgIpc) is 3.45. The molecule has 322 valence electrons. The molecule has 0 fully saturated rings. The number of furan rings is 1. The van der Waals surface area contributed by atoms with Gasteiger partial charge in [-0.05, 0) is 82.8 Å². The third-order valence-corrected chi connectivity index (χ3v) is 9.86. The molecule has 0 aliphatic heterocycles. The first kappa shape index (κ1) is 51.7. The summed E-state index contributed by atoms with van der Waals surface area (Å²) in [6, 6.07) is 0. The van der Waals surface area contributed by atoms with E-state index in [0.29, 0.717) is 19.3 Å². The third kappa shape index (κ3) is 27.9. The molecule has 0 aliphatic rings. The minimum absolute atomic E-state index is 0.0172. The molecule has 0 saturated heterocycles. The minimum atomic E-state index is -4.44. The molecule has 11 nitrogen and oxygen atoms in total. The van der Waals surface area contributed by atoms with Gasteiger partial charge in [0.15, 0.2) is 6.10 Å². The number of hydrogen-bond donors (Lipinski definition) is 3.